The molecule has 0 saturated carbocycles. The molecule has 1 amide bonds. The molecule has 1 aliphatic rings. The number of carbonyl (C=O) groups excluding carboxylic acids is 1. The van der Waals surface area contributed by atoms with Crippen molar-refractivity contribution >= 4 is 5.91 Å². The van der Waals surface area contributed by atoms with Gasteiger partial charge in [-0.2, -0.15) is 0 Å². The van der Waals surface area contributed by atoms with E-state index in [0.29, 0.717) is 13.0 Å². The van der Waals surface area contributed by atoms with Crippen LogP contribution in [0.2, 0.25) is 0 Å². The second-order valence-corrected chi connectivity index (χ2v) is 4.84. The first-order chi connectivity index (χ1) is 8.09. The Morgan fingerprint density at radius 1 is 1.29 bits per heavy atom. The molecule has 0 bridgehead atoms. The molecule has 0 radical (unpaired) electrons. The number of hydrogen-bond acceptors (Lipinski definition) is 2. The number of amides is 1. The minimum absolute atomic E-state index is 0.0775. The van der Waals surface area contributed by atoms with E-state index in [1.807, 2.05) is 42.2 Å². The SMILES string of the molecule is CC(O)[C@@H]1CC(=O)N(C(C)c2ccccc2)C1. The summed E-state index contributed by atoms with van der Waals surface area (Å²) in [6.07, 6.45) is 0.0568. The molecule has 92 valence electrons. The van der Waals surface area contributed by atoms with Crippen LogP contribution in [0.15, 0.2) is 30.3 Å². The molecule has 2 unspecified atom stereocenters. The Hall–Kier alpha value is -1.35. The second-order valence-electron chi connectivity index (χ2n) is 4.84. The van der Waals surface area contributed by atoms with E-state index in [-0.39, 0.29) is 17.9 Å². The number of rotatable bonds is 3. The predicted octanol–water partition coefficient (Wildman–Crippen LogP) is 1.98. The molecule has 3 atom stereocenters. The van der Waals surface area contributed by atoms with Gasteiger partial charge in [0.25, 0.3) is 0 Å². The third kappa shape index (κ3) is 2.50. The van der Waals surface area contributed by atoms with E-state index in [2.05, 4.69) is 0 Å². The zero-order chi connectivity index (χ0) is 12.4. The van der Waals surface area contributed by atoms with Crippen LogP contribution in [-0.4, -0.2) is 28.6 Å². The molecule has 1 aromatic carbocycles. The molecule has 3 heteroatoms. The molecular formula is C14H19NO2. The average Bonchev–Trinajstić information content (AvgIpc) is 2.72. The van der Waals surface area contributed by atoms with E-state index in [1.165, 1.54) is 0 Å². The van der Waals surface area contributed by atoms with Gasteiger partial charge in [0.2, 0.25) is 5.91 Å². The third-order valence-electron chi connectivity index (χ3n) is 3.62. The summed E-state index contributed by atoms with van der Waals surface area (Å²) in [6, 6.07) is 10.1. The van der Waals surface area contributed by atoms with Crippen molar-refractivity contribution in [1.82, 2.24) is 4.90 Å². The minimum atomic E-state index is -0.410. The molecular weight excluding hydrogens is 214 g/mol. The van der Waals surface area contributed by atoms with Crippen molar-refractivity contribution in [3.63, 3.8) is 0 Å². The van der Waals surface area contributed by atoms with Gasteiger partial charge in [0.1, 0.15) is 0 Å². The Morgan fingerprint density at radius 3 is 2.47 bits per heavy atom. The van der Waals surface area contributed by atoms with Gasteiger partial charge >= 0.3 is 0 Å². The van der Waals surface area contributed by atoms with Gasteiger partial charge in [-0.1, -0.05) is 30.3 Å². The first kappa shape index (κ1) is 12.1. The average molecular weight is 233 g/mol. The maximum atomic E-state index is 11.9. The number of aliphatic hydroxyl groups excluding tert-OH is 1. The summed E-state index contributed by atoms with van der Waals surface area (Å²) in [4.78, 5) is 13.8. The van der Waals surface area contributed by atoms with Crippen LogP contribution in [0.25, 0.3) is 0 Å². The number of aliphatic hydroxyl groups is 1. The molecule has 1 aliphatic heterocycles. The third-order valence-corrected chi connectivity index (χ3v) is 3.62. The van der Waals surface area contributed by atoms with E-state index < -0.39 is 6.10 Å². The molecule has 1 fully saturated rings. The Kier molecular flexibility index (Phi) is 3.48. The van der Waals surface area contributed by atoms with Crippen LogP contribution in [0.1, 0.15) is 31.9 Å². The number of likely N-dealkylation sites (tertiary alicyclic amines) is 1. The molecule has 0 aromatic heterocycles. The highest BCUT2D eigenvalue weighted by Crippen LogP contribution is 2.29. The lowest BCUT2D eigenvalue weighted by Gasteiger charge is -2.25. The number of benzene rings is 1. The fraction of sp³-hybridized carbons (Fsp3) is 0.500. The summed E-state index contributed by atoms with van der Waals surface area (Å²) < 4.78 is 0. The standard InChI is InChI=1S/C14H19NO2/c1-10(12-6-4-3-5-7-12)15-9-13(11(2)16)8-14(15)17/h3-7,10-11,13,16H,8-9H2,1-2H3/t10?,11?,13-/m1/s1. The molecule has 2 rings (SSSR count). The van der Waals surface area contributed by atoms with Crippen LogP contribution in [0.3, 0.4) is 0 Å². The zero-order valence-electron chi connectivity index (χ0n) is 10.3. The Labute approximate surface area is 102 Å². The summed E-state index contributed by atoms with van der Waals surface area (Å²) in [5.74, 6) is 0.223. The van der Waals surface area contributed by atoms with Gasteiger partial charge in [-0.25, -0.2) is 0 Å². The molecule has 1 saturated heterocycles. The summed E-state index contributed by atoms with van der Waals surface area (Å²) >= 11 is 0. The van der Waals surface area contributed by atoms with Crippen molar-refractivity contribution in [3.8, 4) is 0 Å². The van der Waals surface area contributed by atoms with Crippen LogP contribution in [0.5, 0.6) is 0 Å². The second kappa shape index (κ2) is 4.88. The fourth-order valence-corrected chi connectivity index (χ4v) is 2.37. The number of hydrogen-bond donors (Lipinski definition) is 1. The monoisotopic (exact) mass is 233 g/mol. The molecule has 0 aliphatic carbocycles. The van der Waals surface area contributed by atoms with Crippen molar-refractivity contribution in [2.24, 2.45) is 5.92 Å². The van der Waals surface area contributed by atoms with E-state index in [1.54, 1.807) is 6.92 Å². The number of carbonyl (C=O) groups is 1. The van der Waals surface area contributed by atoms with Gasteiger partial charge in [-0.15, -0.1) is 0 Å². The molecule has 0 spiro atoms. The lowest BCUT2D eigenvalue weighted by Crippen LogP contribution is -2.29. The first-order valence-electron chi connectivity index (χ1n) is 6.12. The number of nitrogens with zero attached hydrogens (tertiary/aromatic N) is 1. The normalized spacial score (nSPS) is 23.8. The van der Waals surface area contributed by atoms with Gasteiger partial charge in [0.15, 0.2) is 0 Å². The van der Waals surface area contributed by atoms with Crippen molar-refractivity contribution in [3.05, 3.63) is 35.9 Å². The quantitative estimate of drug-likeness (QED) is 0.867. The highest BCUT2D eigenvalue weighted by molar-refractivity contribution is 5.79. The van der Waals surface area contributed by atoms with Crippen LogP contribution in [-0.2, 0) is 4.79 Å². The van der Waals surface area contributed by atoms with Gasteiger partial charge in [-0.05, 0) is 19.4 Å². The van der Waals surface area contributed by atoms with E-state index in [0.717, 1.165) is 5.56 Å². The highest BCUT2D eigenvalue weighted by Gasteiger charge is 2.35. The van der Waals surface area contributed by atoms with E-state index in [9.17, 15) is 9.90 Å². The topological polar surface area (TPSA) is 40.5 Å². The summed E-state index contributed by atoms with van der Waals surface area (Å²) in [6.45, 7) is 4.46. The zero-order valence-corrected chi connectivity index (χ0v) is 10.3. The maximum Gasteiger partial charge on any atom is 0.223 e. The Bertz CT molecular complexity index is 388. The lowest BCUT2D eigenvalue weighted by molar-refractivity contribution is -0.129. The van der Waals surface area contributed by atoms with Gasteiger partial charge in [0, 0.05) is 18.9 Å². The highest BCUT2D eigenvalue weighted by atomic mass is 16.3. The van der Waals surface area contributed by atoms with Crippen LogP contribution < -0.4 is 0 Å². The van der Waals surface area contributed by atoms with Crippen molar-refractivity contribution < 1.29 is 9.90 Å². The fourth-order valence-electron chi connectivity index (χ4n) is 2.37. The molecule has 1 heterocycles. The molecule has 17 heavy (non-hydrogen) atoms. The van der Waals surface area contributed by atoms with Crippen molar-refractivity contribution in [1.29, 1.82) is 0 Å². The van der Waals surface area contributed by atoms with Crippen molar-refractivity contribution in [2.75, 3.05) is 6.54 Å². The van der Waals surface area contributed by atoms with Gasteiger partial charge in [0.05, 0.1) is 12.1 Å². The van der Waals surface area contributed by atoms with Crippen LogP contribution >= 0.6 is 0 Å². The van der Waals surface area contributed by atoms with E-state index >= 15 is 0 Å². The Morgan fingerprint density at radius 2 is 1.94 bits per heavy atom. The van der Waals surface area contributed by atoms with Crippen LogP contribution in [0.4, 0.5) is 0 Å². The summed E-state index contributed by atoms with van der Waals surface area (Å²) in [5.41, 5.74) is 1.15. The molecule has 1 aromatic rings. The Balaban J connectivity index is 2.11. The maximum absolute atomic E-state index is 11.9. The molecule has 3 nitrogen and oxygen atoms in total. The summed E-state index contributed by atoms with van der Waals surface area (Å²) in [7, 11) is 0. The smallest absolute Gasteiger partial charge is 0.223 e. The summed E-state index contributed by atoms with van der Waals surface area (Å²) in [5, 5.41) is 9.56. The van der Waals surface area contributed by atoms with Gasteiger partial charge < -0.3 is 10.0 Å². The van der Waals surface area contributed by atoms with Gasteiger partial charge in [-0.3, -0.25) is 4.79 Å². The molecule has 1 N–H and O–H groups in total. The minimum Gasteiger partial charge on any atom is -0.393 e. The first-order valence-corrected chi connectivity index (χ1v) is 6.12. The largest absolute Gasteiger partial charge is 0.393 e. The van der Waals surface area contributed by atoms with E-state index in [4.69, 9.17) is 0 Å². The van der Waals surface area contributed by atoms with Crippen LogP contribution in [0, 0.1) is 5.92 Å². The predicted molar refractivity (Wildman–Crippen MR) is 66.4 cm³/mol. The van der Waals surface area contributed by atoms with Crippen molar-refractivity contribution in [2.45, 2.75) is 32.4 Å². The lowest BCUT2D eigenvalue weighted by atomic mass is 10.0.